The minimum atomic E-state index is -0.289. The van der Waals surface area contributed by atoms with Gasteiger partial charge in [0.05, 0.1) is 19.5 Å². The van der Waals surface area contributed by atoms with Gasteiger partial charge in [0.2, 0.25) is 0 Å². The van der Waals surface area contributed by atoms with Gasteiger partial charge in [-0.3, -0.25) is 4.79 Å². The fraction of sp³-hybridized carbons (Fsp3) is 0.227. The maximum atomic E-state index is 12.4. The lowest BCUT2D eigenvalue weighted by molar-refractivity contribution is 0.102. The monoisotopic (exact) mass is 389 g/mol. The Morgan fingerprint density at radius 2 is 1.59 bits per heavy atom. The van der Waals surface area contributed by atoms with Crippen LogP contribution in [0.5, 0.6) is 5.75 Å². The van der Waals surface area contributed by atoms with E-state index < -0.39 is 0 Å². The number of hydrogen-bond donors (Lipinski definition) is 1. The zero-order valence-corrected chi connectivity index (χ0v) is 16.3. The van der Waals surface area contributed by atoms with Crippen LogP contribution in [0.15, 0.2) is 67.0 Å². The van der Waals surface area contributed by atoms with Gasteiger partial charge in [-0.15, -0.1) is 0 Å². The largest absolute Gasteiger partial charge is 0.497 e. The van der Waals surface area contributed by atoms with Crippen molar-refractivity contribution in [1.29, 1.82) is 0 Å². The number of nitrogens with zero attached hydrogens (tertiary/aromatic N) is 4. The molecule has 148 valence electrons. The van der Waals surface area contributed by atoms with Crippen LogP contribution in [0.1, 0.15) is 10.5 Å². The highest BCUT2D eigenvalue weighted by Crippen LogP contribution is 2.19. The molecule has 0 atom stereocenters. The maximum absolute atomic E-state index is 12.4. The summed E-state index contributed by atoms with van der Waals surface area (Å²) < 4.78 is 5.12. The van der Waals surface area contributed by atoms with Crippen LogP contribution < -0.4 is 19.9 Å². The van der Waals surface area contributed by atoms with E-state index in [0.717, 1.165) is 37.7 Å². The minimum Gasteiger partial charge on any atom is -0.497 e. The molecule has 0 aliphatic carbocycles. The fourth-order valence-electron chi connectivity index (χ4n) is 3.30. The van der Waals surface area contributed by atoms with E-state index in [-0.39, 0.29) is 11.6 Å². The molecule has 3 aromatic rings. The lowest BCUT2D eigenvalue weighted by atomic mass is 10.2. The van der Waals surface area contributed by atoms with Crippen molar-refractivity contribution < 1.29 is 9.53 Å². The van der Waals surface area contributed by atoms with Crippen molar-refractivity contribution >= 4 is 23.1 Å². The summed E-state index contributed by atoms with van der Waals surface area (Å²) in [6.45, 7) is 3.57. The second kappa shape index (κ2) is 8.60. The molecule has 0 spiro atoms. The van der Waals surface area contributed by atoms with Crippen LogP contribution in [-0.4, -0.2) is 49.2 Å². The summed E-state index contributed by atoms with van der Waals surface area (Å²) in [5, 5.41) is 2.82. The Hall–Kier alpha value is -3.61. The molecule has 1 aromatic heterocycles. The molecule has 7 heteroatoms. The van der Waals surface area contributed by atoms with Crippen LogP contribution in [0, 0.1) is 0 Å². The number of methoxy groups -OCH3 is 1. The molecule has 2 heterocycles. The van der Waals surface area contributed by atoms with Gasteiger partial charge in [0.25, 0.3) is 5.91 Å². The van der Waals surface area contributed by atoms with Crippen molar-refractivity contribution in [2.24, 2.45) is 0 Å². The number of para-hydroxylation sites is 1. The van der Waals surface area contributed by atoms with Crippen molar-refractivity contribution in [3.05, 3.63) is 72.7 Å². The predicted octanol–water partition coefficient (Wildman–Crippen LogP) is 3.06. The zero-order valence-electron chi connectivity index (χ0n) is 16.3. The summed E-state index contributed by atoms with van der Waals surface area (Å²) in [6.07, 6.45) is 3.19. The smallest absolute Gasteiger partial charge is 0.275 e. The molecule has 4 rings (SSSR count). The average molecular weight is 389 g/mol. The Morgan fingerprint density at radius 1 is 0.897 bits per heavy atom. The molecular formula is C22H23N5O2. The van der Waals surface area contributed by atoms with E-state index in [1.165, 1.54) is 11.9 Å². The van der Waals surface area contributed by atoms with Crippen LogP contribution >= 0.6 is 0 Å². The molecule has 7 nitrogen and oxygen atoms in total. The number of aromatic nitrogens is 2. The first-order valence-electron chi connectivity index (χ1n) is 9.55. The van der Waals surface area contributed by atoms with Crippen molar-refractivity contribution in [2.45, 2.75) is 0 Å². The number of carbonyl (C=O) groups is 1. The number of ether oxygens (including phenoxy) is 1. The number of piperazine rings is 1. The summed E-state index contributed by atoms with van der Waals surface area (Å²) in [5.41, 5.74) is 2.20. The first kappa shape index (κ1) is 18.7. The number of rotatable bonds is 5. The number of hydrogen-bond acceptors (Lipinski definition) is 6. The van der Waals surface area contributed by atoms with Gasteiger partial charge in [0.1, 0.15) is 17.3 Å². The molecule has 2 aromatic carbocycles. The molecule has 0 saturated carbocycles. The average Bonchev–Trinajstić information content (AvgIpc) is 2.80. The van der Waals surface area contributed by atoms with E-state index in [1.54, 1.807) is 37.6 Å². The third-order valence-electron chi connectivity index (χ3n) is 4.94. The Morgan fingerprint density at radius 3 is 2.21 bits per heavy atom. The SMILES string of the molecule is COc1ccc(NC(=O)c2cnc(N3CCN(c4ccccc4)CC3)cn2)cc1. The minimum absolute atomic E-state index is 0.285. The van der Waals surface area contributed by atoms with Crippen LogP contribution in [0.2, 0.25) is 0 Å². The summed E-state index contributed by atoms with van der Waals surface area (Å²) in [6, 6.07) is 17.6. The first-order chi connectivity index (χ1) is 14.2. The quantitative estimate of drug-likeness (QED) is 0.723. The van der Waals surface area contributed by atoms with E-state index in [4.69, 9.17) is 4.74 Å². The number of amides is 1. The van der Waals surface area contributed by atoms with Gasteiger partial charge in [0.15, 0.2) is 0 Å². The maximum Gasteiger partial charge on any atom is 0.275 e. The molecule has 1 aliphatic rings. The second-order valence-electron chi connectivity index (χ2n) is 6.75. The van der Waals surface area contributed by atoms with Crippen LogP contribution in [0.4, 0.5) is 17.2 Å². The highest BCUT2D eigenvalue weighted by Gasteiger charge is 2.19. The lowest BCUT2D eigenvalue weighted by Crippen LogP contribution is -2.46. The summed E-state index contributed by atoms with van der Waals surface area (Å²) in [4.78, 5) is 25.7. The van der Waals surface area contributed by atoms with Crippen LogP contribution in [0.3, 0.4) is 0 Å². The molecule has 1 N–H and O–H groups in total. The van der Waals surface area contributed by atoms with E-state index in [9.17, 15) is 4.79 Å². The highest BCUT2D eigenvalue weighted by molar-refractivity contribution is 6.02. The predicted molar refractivity (Wildman–Crippen MR) is 114 cm³/mol. The molecule has 1 saturated heterocycles. The van der Waals surface area contributed by atoms with Gasteiger partial charge in [-0.2, -0.15) is 0 Å². The third kappa shape index (κ3) is 4.45. The molecular weight excluding hydrogens is 366 g/mol. The third-order valence-corrected chi connectivity index (χ3v) is 4.94. The summed E-state index contributed by atoms with van der Waals surface area (Å²) >= 11 is 0. The standard InChI is InChI=1S/C22H23N5O2/c1-29-19-9-7-17(8-10-19)25-22(28)20-15-24-21(16-23-20)27-13-11-26(12-14-27)18-5-3-2-4-6-18/h2-10,15-16H,11-14H2,1H3,(H,25,28). The highest BCUT2D eigenvalue weighted by atomic mass is 16.5. The number of benzene rings is 2. The first-order valence-corrected chi connectivity index (χ1v) is 9.55. The summed E-state index contributed by atoms with van der Waals surface area (Å²) in [7, 11) is 1.60. The second-order valence-corrected chi connectivity index (χ2v) is 6.75. The van der Waals surface area contributed by atoms with Gasteiger partial charge < -0.3 is 19.9 Å². The van der Waals surface area contributed by atoms with E-state index in [0.29, 0.717) is 5.69 Å². The lowest BCUT2D eigenvalue weighted by Gasteiger charge is -2.36. The van der Waals surface area contributed by atoms with Crippen molar-refractivity contribution in [1.82, 2.24) is 9.97 Å². The zero-order chi connectivity index (χ0) is 20.1. The topological polar surface area (TPSA) is 70.6 Å². The van der Waals surface area contributed by atoms with Gasteiger partial charge in [0, 0.05) is 37.6 Å². The Kier molecular flexibility index (Phi) is 5.56. The van der Waals surface area contributed by atoms with Gasteiger partial charge in [-0.1, -0.05) is 18.2 Å². The van der Waals surface area contributed by atoms with E-state index in [1.807, 2.05) is 6.07 Å². The van der Waals surface area contributed by atoms with Crippen LogP contribution in [-0.2, 0) is 0 Å². The van der Waals surface area contributed by atoms with E-state index in [2.05, 4.69) is 49.4 Å². The van der Waals surface area contributed by atoms with Gasteiger partial charge in [-0.05, 0) is 36.4 Å². The molecule has 0 unspecified atom stereocenters. The molecule has 1 fully saturated rings. The number of anilines is 3. The number of carbonyl (C=O) groups excluding carboxylic acids is 1. The molecule has 1 aliphatic heterocycles. The normalized spacial score (nSPS) is 13.8. The van der Waals surface area contributed by atoms with Crippen molar-refractivity contribution in [3.63, 3.8) is 0 Å². The van der Waals surface area contributed by atoms with Crippen LogP contribution in [0.25, 0.3) is 0 Å². The fourth-order valence-corrected chi connectivity index (χ4v) is 3.30. The summed E-state index contributed by atoms with van der Waals surface area (Å²) in [5.74, 6) is 1.24. The van der Waals surface area contributed by atoms with Crippen molar-refractivity contribution in [2.75, 3.05) is 48.4 Å². The van der Waals surface area contributed by atoms with Gasteiger partial charge >= 0.3 is 0 Å². The van der Waals surface area contributed by atoms with E-state index >= 15 is 0 Å². The Labute approximate surface area is 170 Å². The molecule has 29 heavy (non-hydrogen) atoms. The molecule has 0 radical (unpaired) electrons. The van der Waals surface area contributed by atoms with Crippen molar-refractivity contribution in [3.8, 4) is 5.75 Å². The Bertz CT molecular complexity index is 937. The Balaban J connectivity index is 1.34. The number of nitrogens with one attached hydrogen (secondary N) is 1. The molecule has 0 bridgehead atoms. The van der Waals surface area contributed by atoms with Gasteiger partial charge in [-0.25, -0.2) is 9.97 Å². The molecule has 1 amide bonds.